The van der Waals surface area contributed by atoms with Crippen molar-refractivity contribution in [2.45, 2.75) is 65.4 Å². The molecular formula is C21H37IN4O. The van der Waals surface area contributed by atoms with Gasteiger partial charge in [-0.1, -0.05) is 12.8 Å². The third-order valence-electron chi connectivity index (χ3n) is 5.16. The van der Waals surface area contributed by atoms with E-state index in [1.807, 2.05) is 12.4 Å². The van der Waals surface area contributed by atoms with Gasteiger partial charge in [0.1, 0.15) is 0 Å². The van der Waals surface area contributed by atoms with Crippen molar-refractivity contribution >= 4 is 29.9 Å². The van der Waals surface area contributed by atoms with E-state index in [-0.39, 0.29) is 24.0 Å². The van der Waals surface area contributed by atoms with E-state index in [9.17, 15) is 0 Å². The molecular weight excluding hydrogens is 451 g/mol. The topological polar surface area (TPSA) is 58.5 Å². The van der Waals surface area contributed by atoms with Gasteiger partial charge in [-0.05, 0) is 69.6 Å². The van der Waals surface area contributed by atoms with E-state index < -0.39 is 0 Å². The second-order valence-electron chi connectivity index (χ2n) is 7.07. The molecule has 1 aliphatic carbocycles. The molecule has 1 fully saturated rings. The lowest BCUT2D eigenvalue weighted by Crippen LogP contribution is -2.38. The van der Waals surface area contributed by atoms with Crippen molar-refractivity contribution in [3.8, 4) is 0 Å². The van der Waals surface area contributed by atoms with Crippen LogP contribution in [0.15, 0.2) is 23.5 Å². The van der Waals surface area contributed by atoms with Crippen molar-refractivity contribution in [2.24, 2.45) is 10.9 Å². The van der Waals surface area contributed by atoms with E-state index >= 15 is 0 Å². The molecule has 0 spiro atoms. The summed E-state index contributed by atoms with van der Waals surface area (Å²) in [6.07, 6.45) is 11.5. The van der Waals surface area contributed by atoms with Crippen LogP contribution in [0.25, 0.3) is 0 Å². The smallest absolute Gasteiger partial charge is 0.191 e. The van der Waals surface area contributed by atoms with Crippen LogP contribution in [0.4, 0.5) is 0 Å². The maximum atomic E-state index is 6.00. The molecule has 0 aromatic carbocycles. The minimum atomic E-state index is 0. The standard InChI is InChI=1S/C21H36N4O.HI/c1-4-23-21(24-14-11-18-10-13-22-16-17(18)3)25-15-12-20(26-5-2)19-8-6-7-9-19;/h10,13,16,19-20H,4-9,11-12,14-15H2,1-3H3,(H2,23,24,25);1H. The molecule has 1 saturated carbocycles. The molecule has 0 saturated heterocycles. The van der Waals surface area contributed by atoms with Crippen molar-refractivity contribution in [1.29, 1.82) is 0 Å². The first-order valence-corrected chi connectivity index (χ1v) is 10.3. The van der Waals surface area contributed by atoms with Gasteiger partial charge in [-0.3, -0.25) is 9.98 Å². The van der Waals surface area contributed by atoms with Gasteiger partial charge in [-0.25, -0.2) is 0 Å². The van der Waals surface area contributed by atoms with Gasteiger partial charge < -0.3 is 15.4 Å². The van der Waals surface area contributed by atoms with E-state index in [0.29, 0.717) is 6.10 Å². The molecule has 5 nitrogen and oxygen atoms in total. The van der Waals surface area contributed by atoms with E-state index in [0.717, 1.165) is 51.0 Å². The molecule has 0 amide bonds. The van der Waals surface area contributed by atoms with E-state index in [1.165, 1.54) is 36.8 Å². The Morgan fingerprint density at radius 3 is 2.74 bits per heavy atom. The summed E-state index contributed by atoms with van der Waals surface area (Å²) < 4.78 is 6.00. The minimum Gasteiger partial charge on any atom is -0.378 e. The number of aliphatic imine (C=N–C) groups is 1. The van der Waals surface area contributed by atoms with Crippen LogP contribution in [0.5, 0.6) is 0 Å². The Morgan fingerprint density at radius 1 is 1.30 bits per heavy atom. The van der Waals surface area contributed by atoms with Gasteiger partial charge in [0.05, 0.1) is 6.10 Å². The fourth-order valence-electron chi connectivity index (χ4n) is 3.74. The zero-order chi connectivity index (χ0) is 18.6. The highest BCUT2D eigenvalue weighted by molar-refractivity contribution is 14.0. The summed E-state index contributed by atoms with van der Waals surface area (Å²) in [5, 5.41) is 6.79. The fourth-order valence-corrected chi connectivity index (χ4v) is 3.74. The molecule has 2 N–H and O–H groups in total. The average Bonchev–Trinajstić information content (AvgIpc) is 3.17. The Morgan fingerprint density at radius 2 is 2.07 bits per heavy atom. The van der Waals surface area contributed by atoms with Crippen molar-refractivity contribution in [2.75, 3.05) is 26.2 Å². The van der Waals surface area contributed by atoms with E-state index in [2.05, 4.69) is 42.5 Å². The van der Waals surface area contributed by atoms with Crippen molar-refractivity contribution in [3.05, 3.63) is 29.6 Å². The van der Waals surface area contributed by atoms with Gasteiger partial charge in [0, 0.05) is 38.6 Å². The normalized spacial score (nSPS) is 16.0. The molecule has 1 unspecified atom stereocenters. The maximum absolute atomic E-state index is 6.00. The third kappa shape index (κ3) is 8.77. The van der Waals surface area contributed by atoms with Crippen molar-refractivity contribution in [1.82, 2.24) is 15.6 Å². The summed E-state index contributed by atoms with van der Waals surface area (Å²) in [5.74, 6) is 1.64. The predicted octanol–water partition coefficient (Wildman–Crippen LogP) is 4.09. The first-order chi connectivity index (χ1) is 12.7. The molecule has 1 heterocycles. The predicted molar refractivity (Wildman–Crippen MR) is 124 cm³/mol. The van der Waals surface area contributed by atoms with Crippen LogP contribution in [-0.4, -0.2) is 43.3 Å². The van der Waals surface area contributed by atoms with Crippen LogP contribution in [0.2, 0.25) is 0 Å². The molecule has 27 heavy (non-hydrogen) atoms. The Kier molecular flexibility index (Phi) is 12.7. The summed E-state index contributed by atoms with van der Waals surface area (Å²) in [6, 6.07) is 2.09. The second kappa shape index (κ2) is 14.2. The zero-order valence-electron chi connectivity index (χ0n) is 17.2. The highest BCUT2D eigenvalue weighted by Gasteiger charge is 2.24. The van der Waals surface area contributed by atoms with Gasteiger partial charge >= 0.3 is 0 Å². The minimum absolute atomic E-state index is 0. The zero-order valence-corrected chi connectivity index (χ0v) is 19.5. The van der Waals surface area contributed by atoms with E-state index in [4.69, 9.17) is 9.73 Å². The van der Waals surface area contributed by atoms with Crippen molar-refractivity contribution in [3.63, 3.8) is 0 Å². The third-order valence-corrected chi connectivity index (χ3v) is 5.16. The number of pyridine rings is 1. The highest BCUT2D eigenvalue weighted by atomic mass is 127. The SMILES string of the molecule is CCNC(=NCCC(OCC)C1CCCC1)NCCc1ccncc1C.I. The Balaban J connectivity index is 0.00000364. The first-order valence-electron chi connectivity index (χ1n) is 10.3. The monoisotopic (exact) mass is 488 g/mol. The number of guanidine groups is 1. The van der Waals surface area contributed by atoms with Gasteiger partial charge in [0.2, 0.25) is 0 Å². The molecule has 1 aliphatic rings. The summed E-state index contributed by atoms with van der Waals surface area (Å²) in [7, 11) is 0. The number of rotatable bonds is 10. The molecule has 1 atom stereocenters. The number of nitrogens with zero attached hydrogens (tertiary/aromatic N) is 2. The largest absolute Gasteiger partial charge is 0.378 e. The maximum Gasteiger partial charge on any atom is 0.191 e. The van der Waals surface area contributed by atoms with Crippen LogP contribution in [0.1, 0.15) is 57.1 Å². The molecule has 1 aromatic heterocycles. The Hall–Kier alpha value is -0.890. The van der Waals surface area contributed by atoms with Gasteiger partial charge in [0.25, 0.3) is 0 Å². The molecule has 1 aromatic rings. The van der Waals surface area contributed by atoms with E-state index in [1.54, 1.807) is 0 Å². The Labute approximate surface area is 182 Å². The van der Waals surface area contributed by atoms with Crippen LogP contribution in [-0.2, 0) is 11.2 Å². The number of aryl methyl sites for hydroxylation is 1. The molecule has 154 valence electrons. The average molecular weight is 488 g/mol. The molecule has 0 radical (unpaired) electrons. The number of hydrogen-bond acceptors (Lipinski definition) is 3. The number of aromatic nitrogens is 1. The lowest BCUT2D eigenvalue weighted by molar-refractivity contribution is 0.0177. The lowest BCUT2D eigenvalue weighted by atomic mass is 9.98. The van der Waals surface area contributed by atoms with Crippen LogP contribution in [0, 0.1) is 12.8 Å². The fraction of sp³-hybridized carbons (Fsp3) is 0.714. The molecule has 0 aliphatic heterocycles. The summed E-state index contributed by atoms with van der Waals surface area (Å²) >= 11 is 0. The number of nitrogens with one attached hydrogen (secondary N) is 2. The number of hydrogen-bond donors (Lipinski definition) is 2. The van der Waals surface area contributed by atoms with Crippen LogP contribution < -0.4 is 10.6 Å². The number of ether oxygens (including phenoxy) is 1. The van der Waals surface area contributed by atoms with Crippen LogP contribution in [0.3, 0.4) is 0 Å². The van der Waals surface area contributed by atoms with Crippen LogP contribution >= 0.6 is 24.0 Å². The summed E-state index contributed by atoms with van der Waals surface area (Å²) in [4.78, 5) is 8.92. The Bertz CT molecular complexity index is 547. The lowest BCUT2D eigenvalue weighted by Gasteiger charge is -2.22. The van der Waals surface area contributed by atoms with Crippen molar-refractivity contribution < 1.29 is 4.74 Å². The molecule has 0 bridgehead atoms. The summed E-state index contributed by atoms with van der Waals surface area (Å²) in [6.45, 7) is 9.66. The highest BCUT2D eigenvalue weighted by Crippen LogP contribution is 2.30. The first kappa shape index (κ1) is 24.1. The second-order valence-corrected chi connectivity index (χ2v) is 7.07. The van der Waals surface area contributed by atoms with Gasteiger partial charge in [-0.15, -0.1) is 24.0 Å². The molecule has 2 rings (SSSR count). The summed E-state index contributed by atoms with van der Waals surface area (Å²) in [5.41, 5.74) is 2.58. The molecule has 6 heteroatoms. The van der Waals surface area contributed by atoms with Gasteiger partial charge in [-0.2, -0.15) is 0 Å². The van der Waals surface area contributed by atoms with Gasteiger partial charge in [0.15, 0.2) is 5.96 Å². The quantitative estimate of drug-likeness (QED) is 0.296. The number of halogens is 1.